The fraction of sp³-hybridized carbons (Fsp3) is 0.667. The Morgan fingerprint density at radius 3 is 2.35 bits per heavy atom. The molecular formula is C18H30N4O4. The van der Waals surface area contributed by atoms with Gasteiger partial charge >= 0.3 is 5.69 Å². The highest BCUT2D eigenvalue weighted by molar-refractivity contribution is 5.97. The molecule has 0 aliphatic rings. The molecule has 1 atom stereocenters. The summed E-state index contributed by atoms with van der Waals surface area (Å²) in [6, 6.07) is -0.344. The lowest BCUT2D eigenvalue weighted by molar-refractivity contribution is -0.125. The van der Waals surface area contributed by atoms with Gasteiger partial charge in [0.25, 0.3) is 5.56 Å². The molecule has 0 saturated carbocycles. The van der Waals surface area contributed by atoms with Crippen molar-refractivity contribution in [2.24, 2.45) is 17.0 Å². The van der Waals surface area contributed by atoms with E-state index in [4.69, 9.17) is 4.84 Å². The second-order valence-electron chi connectivity index (χ2n) is 7.27. The Kier molecular flexibility index (Phi) is 7.79. The van der Waals surface area contributed by atoms with Crippen LogP contribution in [0.3, 0.4) is 0 Å². The third-order valence-electron chi connectivity index (χ3n) is 3.89. The Morgan fingerprint density at radius 1 is 1.23 bits per heavy atom. The molecule has 1 aromatic heterocycles. The zero-order chi connectivity index (χ0) is 20.0. The number of oxime groups is 1. The third kappa shape index (κ3) is 5.86. The van der Waals surface area contributed by atoms with Crippen LogP contribution in [-0.2, 0) is 16.2 Å². The molecule has 8 heteroatoms. The van der Waals surface area contributed by atoms with Gasteiger partial charge in [-0.15, -0.1) is 0 Å². The molecule has 0 bridgehead atoms. The van der Waals surface area contributed by atoms with Crippen LogP contribution >= 0.6 is 0 Å². The molecule has 0 fully saturated rings. The average molecular weight is 366 g/mol. The number of nitrogens with one attached hydrogen (secondary N) is 2. The van der Waals surface area contributed by atoms with Crippen LogP contribution in [0.5, 0.6) is 0 Å². The van der Waals surface area contributed by atoms with Crippen molar-refractivity contribution in [2.75, 3.05) is 0 Å². The van der Waals surface area contributed by atoms with E-state index in [9.17, 15) is 14.4 Å². The Bertz CT molecular complexity index is 759. The lowest BCUT2D eigenvalue weighted by atomic mass is 10.0. The van der Waals surface area contributed by atoms with E-state index in [0.29, 0.717) is 5.71 Å². The SMILES string of the molecule is C/C(=N\OC(C)C)c1c[nH]c(=O)n(CC(NC(=O)C(C)C)C(C)C)c1=O. The fourth-order valence-electron chi connectivity index (χ4n) is 2.14. The van der Waals surface area contributed by atoms with E-state index in [0.717, 1.165) is 4.57 Å². The topological polar surface area (TPSA) is 106 Å². The maximum Gasteiger partial charge on any atom is 0.328 e. The maximum absolute atomic E-state index is 12.7. The summed E-state index contributed by atoms with van der Waals surface area (Å²) in [5.74, 6) is -0.251. The van der Waals surface area contributed by atoms with E-state index < -0.39 is 11.2 Å². The number of hydrogen-bond acceptors (Lipinski definition) is 5. The van der Waals surface area contributed by atoms with Crippen LogP contribution in [0.4, 0.5) is 0 Å². The molecule has 2 N–H and O–H groups in total. The number of amides is 1. The van der Waals surface area contributed by atoms with Crippen LogP contribution in [0.15, 0.2) is 20.9 Å². The van der Waals surface area contributed by atoms with E-state index >= 15 is 0 Å². The summed E-state index contributed by atoms with van der Waals surface area (Å²) < 4.78 is 1.09. The van der Waals surface area contributed by atoms with Gasteiger partial charge in [-0.05, 0) is 26.7 Å². The minimum atomic E-state index is -0.527. The molecule has 8 nitrogen and oxygen atoms in total. The van der Waals surface area contributed by atoms with Gasteiger partial charge in [-0.25, -0.2) is 4.79 Å². The normalized spacial score (nSPS) is 13.4. The van der Waals surface area contributed by atoms with Crippen LogP contribution in [0, 0.1) is 11.8 Å². The predicted molar refractivity (Wildman–Crippen MR) is 101 cm³/mol. The van der Waals surface area contributed by atoms with E-state index in [-0.39, 0.29) is 42.0 Å². The number of H-pyrrole nitrogens is 1. The molecular weight excluding hydrogens is 336 g/mol. The number of aromatic nitrogens is 2. The van der Waals surface area contributed by atoms with Gasteiger partial charge in [0.15, 0.2) is 0 Å². The van der Waals surface area contributed by atoms with Crippen LogP contribution in [0.2, 0.25) is 0 Å². The van der Waals surface area contributed by atoms with Crippen molar-refractivity contribution < 1.29 is 9.63 Å². The highest BCUT2D eigenvalue weighted by Crippen LogP contribution is 2.05. The first kappa shape index (κ1) is 21.7. The second kappa shape index (κ2) is 9.35. The van der Waals surface area contributed by atoms with Crippen molar-refractivity contribution in [3.05, 3.63) is 32.6 Å². The third-order valence-corrected chi connectivity index (χ3v) is 3.89. The standard InChI is InChI=1S/C18H30N4O4/c1-10(2)15(20-16(23)11(3)4)9-22-17(24)14(8-19-18(22)25)13(7)21-26-12(5)6/h8,10-12,15H,9H2,1-7H3,(H,19,25)(H,20,23)/b21-13+. The highest BCUT2D eigenvalue weighted by atomic mass is 16.6. The molecule has 1 unspecified atom stereocenters. The van der Waals surface area contributed by atoms with Crippen LogP contribution in [0.25, 0.3) is 0 Å². The number of nitrogens with zero attached hydrogens (tertiary/aromatic N) is 2. The molecule has 1 aromatic rings. The number of aromatic amines is 1. The van der Waals surface area contributed by atoms with Gasteiger partial charge in [0.2, 0.25) is 5.91 Å². The van der Waals surface area contributed by atoms with Gasteiger partial charge in [0, 0.05) is 18.2 Å². The molecule has 0 aromatic carbocycles. The summed E-state index contributed by atoms with van der Waals surface area (Å²) in [6.07, 6.45) is 1.22. The van der Waals surface area contributed by atoms with Crippen molar-refractivity contribution in [1.82, 2.24) is 14.9 Å². The first-order valence-corrected chi connectivity index (χ1v) is 8.88. The molecule has 1 rings (SSSR count). The van der Waals surface area contributed by atoms with Crippen LogP contribution in [0.1, 0.15) is 54.0 Å². The monoisotopic (exact) mass is 366 g/mol. The average Bonchev–Trinajstić information content (AvgIpc) is 2.54. The van der Waals surface area contributed by atoms with Crippen molar-refractivity contribution in [3.63, 3.8) is 0 Å². The minimum absolute atomic E-state index is 0.0479. The Labute approximate surface area is 153 Å². The van der Waals surface area contributed by atoms with Crippen LogP contribution in [-0.4, -0.2) is 33.3 Å². The summed E-state index contributed by atoms with van der Waals surface area (Å²) in [4.78, 5) is 44.7. The zero-order valence-corrected chi connectivity index (χ0v) is 16.6. The highest BCUT2D eigenvalue weighted by Gasteiger charge is 2.21. The smallest absolute Gasteiger partial charge is 0.328 e. The van der Waals surface area contributed by atoms with Gasteiger partial charge in [-0.3, -0.25) is 14.2 Å². The molecule has 0 radical (unpaired) electrons. The first-order chi connectivity index (χ1) is 12.0. The van der Waals surface area contributed by atoms with Crippen molar-refractivity contribution in [1.29, 1.82) is 0 Å². The quantitative estimate of drug-likeness (QED) is 0.537. The summed E-state index contributed by atoms with van der Waals surface area (Å²) >= 11 is 0. The number of carbonyl (C=O) groups excluding carboxylic acids is 1. The van der Waals surface area contributed by atoms with Gasteiger partial charge in [0.1, 0.15) is 6.10 Å². The summed E-state index contributed by atoms with van der Waals surface area (Å²) in [5, 5.41) is 6.82. The fourth-order valence-corrected chi connectivity index (χ4v) is 2.14. The van der Waals surface area contributed by atoms with E-state index in [2.05, 4.69) is 15.5 Å². The number of carbonyl (C=O) groups is 1. The second-order valence-corrected chi connectivity index (χ2v) is 7.27. The van der Waals surface area contributed by atoms with E-state index in [1.165, 1.54) is 6.20 Å². The van der Waals surface area contributed by atoms with Gasteiger partial charge in [-0.1, -0.05) is 32.9 Å². The Morgan fingerprint density at radius 2 is 1.85 bits per heavy atom. The summed E-state index contributed by atoms with van der Waals surface area (Å²) in [7, 11) is 0. The molecule has 0 spiro atoms. The van der Waals surface area contributed by atoms with Crippen LogP contribution < -0.4 is 16.6 Å². The van der Waals surface area contributed by atoms with E-state index in [1.54, 1.807) is 20.8 Å². The lowest BCUT2D eigenvalue weighted by Crippen LogP contribution is -2.48. The van der Waals surface area contributed by atoms with Crippen molar-refractivity contribution in [3.8, 4) is 0 Å². The van der Waals surface area contributed by atoms with Gasteiger partial charge in [-0.2, -0.15) is 0 Å². The molecule has 0 aliphatic carbocycles. The molecule has 146 valence electrons. The summed E-state index contributed by atoms with van der Waals surface area (Å²) in [5.41, 5.74) is -0.364. The summed E-state index contributed by atoms with van der Waals surface area (Å²) in [6.45, 7) is 12.8. The molecule has 1 amide bonds. The largest absolute Gasteiger partial charge is 0.393 e. The van der Waals surface area contributed by atoms with Crippen molar-refractivity contribution >= 4 is 11.6 Å². The Balaban J connectivity index is 3.21. The van der Waals surface area contributed by atoms with Crippen molar-refractivity contribution in [2.45, 2.75) is 67.2 Å². The van der Waals surface area contributed by atoms with E-state index in [1.807, 2.05) is 27.7 Å². The maximum atomic E-state index is 12.7. The zero-order valence-electron chi connectivity index (χ0n) is 16.6. The minimum Gasteiger partial charge on any atom is -0.393 e. The number of rotatable bonds is 8. The first-order valence-electron chi connectivity index (χ1n) is 8.88. The molecule has 26 heavy (non-hydrogen) atoms. The predicted octanol–water partition coefficient (Wildman–Crippen LogP) is 1.48. The molecule has 0 saturated heterocycles. The van der Waals surface area contributed by atoms with Gasteiger partial charge in [0.05, 0.1) is 17.8 Å². The molecule has 1 heterocycles. The lowest BCUT2D eigenvalue weighted by Gasteiger charge is -2.24. The van der Waals surface area contributed by atoms with Gasteiger partial charge < -0.3 is 15.1 Å². The number of hydrogen-bond donors (Lipinski definition) is 2. The Hall–Kier alpha value is -2.38. The molecule has 0 aliphatic heterocycles.